The van der Waals surface area contributed by atoms with Crippen LogP contribution in [0.15, 0.2) is 53.4 Å². The van der Waals surface area contributed by atoms with Crippen LogP contribution in [-0.4, -0.2) is 22.0 Å². The Bertz CT molecular complexity index is 724. The first-order valence-corrected chi connectivity index (χ1v) is 7.95. The Balaban J connectivity index is 2.00. The zero-order valence-corrected chi connectivity index (χ0v) is 12.0. The fourth-order valence-electron chi connectivity index (χ4n) is 2.48. The fourth-order valence-corrected chi connectivity index (χ4v) is 3.98. The molecule has 1 aliphatic heterocycles. The molecular formula is C15H16N2O2S. The summed E-state index contributed by atoms with van der Waals surface area (Å²) in [5, 5.41) is 2.98. The lowest BCUT2D eigenvalue weighted by atomic mass is 10.2. The zero-order chi connectivity index (χ0) is 14.2. The summed E-state index contributed by atoms with van der Waals surface area (Å²) in [5.41, 5.74) is 2.78. The lowest BCUT2D eigenvalue weighted by Gasteiger charge is -2.19. The van der Waals surface area contributed by atoms with Gasteiger partial charge in [-0.15, -0.1) is 0 Å². The van der Waals surface area contributed by atoms with Crippen molar-refractivity contribution in [3.63, 3.8) is 0 Å². The number of sulfonamides is 1. The molecule has 1 N–H and O–H groups in total. The molecule has 0 atom stereocenters. The van der Waals surface area contributed by atoms with Gasteiger partial charge < -0.3 is 5.32 Å². The van der Waals surface area contributed by atoms with Crippen LogP contribution in [0.1, 0.15) is 5.56 Å². The number of para-hydroxylation sites is 1. The van der Waals surface area contributed by atoms with Gasteiger partial charge in [-0.3, -0.25) is 4.31 Å². The monoisotopic (exact) mass is 288 g/mol. The van der Waals surface area contributed by atoms with Gasteiger partial charge in [0, 0.05) is 19.3 Å². The van der Waals surface area contributed by atoms with Gasteiger partial charge in [-0.05, 0) is 42.3 Å². The van der Waals surface area contributed by atoms with E-state index in [2.05, 4.69) is 5.32 Å². The van der Waals surface area contributed by atoms with Crippen LogP contribution in [0.25, 0.3) is 0 Å². The van der Waals surface area contributed by atoms with Crippen LogP contribution in [0.4, 0.5) is 11.4 Å². The van der Waals surface area contributed by atoms with E-state index >= 15 is 0 Å². The van der Waals surface area contributed by atoms with Crippen LogP contribution in [-0.2, 0) is 16.4 Å². The number of hydrogen-bond donors (Lipinski definition) is 1. The maximum Gasteiger partial charge on any atom is 0.264 e. The Hall–Kier alpha value is -2.01. The molecule has 0 aliphatic carbocycles. The van der Waals surface area contributed by atoms with E-state index in [9.17, 15) is 8.42 Å². The molecule has 0 saturated heterocycles. The summed E-state index contributed by atoms with van der Waals surface area (Å²) in [5.74, 6) is 0. The molecule has 2 aromatic rings. The molecule has 3 rings (SSSR count). The molecule has 1 aliphatic rings. The highest BCUT2D eigenvalue weighted by Crippen LogP contribution is 2.32. The first kappa shape index (κ1) is 13.0. The van der Waals surface area contributed by atoms with Crippen molar-refractivity contribution in [1.82, 2.24) is 0 Å². The van der Waals surface area contributed by atoms with Gasteiger partial charge in [-0.2, -0.15) is 0 Å². The van der Waals surface area contributed by atoms with Crippen molar-refractivity contribution in [2.45, 2.75) is 11.3 Å². The number of nitrogens with one attached hydrogen (secondary N) is 1. The fraction of sp³-hybridized carbons (Fsp3) is 0.200. The highest BCUT2D eigenvalue weighted by atomic mass is 32.2. The minimum Gasteiger partial charge on any atom is -0.388 e. The Morgan fingerprint density at radius 2 is 1.75 bits per heavy atom. The third-order valence-corrected chi connectivity index (χ3v) is 5.40. The quantitative estimate of drug-likeness (QED) is 0.944. The summed E-state index contributed by atoms with van der Waals surface area (Å²) in [6.07, 6.45) is 0.768. The predicted octanol–water partition coefficient (Wildman–Crippen LogP) is 2.48. The molecule has 0 aromatic heterocycles. The van der Waals surface area contributed by atoms with Crippen LogP contribution in [0, 0.1) is 0 Å². The number of rotatable bonds is 3. The third-order valence-electron chi connectivity index (χ3n) is 3.58. The number of hydrogen-bond acceptors (Lipinski definition) is 3. The van der Waals surface area contributed by atoms with Crippen molar-refractivity contribution >= 4 is 21.4 Å². The van der Waals surface area contributed by atoms with Crippen LogP contribution < -0.4 is 9.62 Å². The van der Waals surface area contributed by atoms with E-state index < -0.39 is 10.0 Å². The van der Waals surface area contributed by atoms with Gasteiger partial charge in [0.2, 0.25) is 0 Å². The molecule has 4 nitrogen and oxygen atoms in total. The summed E-state index contributed by atoms with van der Waals surface area (Å²) in [7, 11) is -1.67. The normalized spacial score (nSPS) is 14.2. The van der Waals surface area contributed by atoms with E-state index in [-0.39, 0.29) is 0 Å². The van der Waals surface area contributed by atoms with E-state index in [1.165, 1.54) is 4.31 Å². The van der Waals surface area contributed by atoms with Gasteiger partial charge in [0.25, 0.3) is 10.0 Å². The number of nitrogens with zero attached hydrogens (tertiary/aromatic N) is 1. The Kier molecular flexibility index (Phi) is 3.14. The van der Waals surface area contributed by atoms with Crippen molar-refractivity contribution in [3.8, 4) is 0 Å². The van der Waals surface area contributed by atoms with Crippen molar-refractivity contribution in [1.29, 1.82) is 0 Å². The molecule has 2 aromatic carbocycles. The second-order valence-electron chi connectivity index (χ2n) is 4.73. The Morgan fingerprint density at radius 1 is 1.05 bits per heavy atom. The van der Waals surface area contributed by atoms with Gasteiger partial charge in [0.15, 0.2) is 0 Å². The van der Waals surface area contributed by atoms with Crippen LogP contribution in [0.2, 0.25) is 0 Å². The molecule has 0 bridgehead atoms. The van der Waals surface area contributed by atoms with Crippen molar-refractivity contribution in [2.75, 3.05) is 23.2 Å². The SMILES string of the molecule is CNc1ccc(S(=O)(=O)N2CCc3ccccc32)cc1. The van der Waals surface area contributed by atoms with Crippen molar-refractivity contribution in [2.24, 2.45) is 0 Å². The topological polar surface area (TPSA) is 49.4 Å². The van der Waals surface area contributed by atoms with E-state index in [0.29, 0.717) is 11.4 Å². The summed E-state index contributed by atoms with van der Waals surface area (Å²) in [6.45, 7) is 0.509. The number of benzene rings is 2. The summed E-state index contributed by atoms with van der Waals surface area (Å²) in [6, 6.07) is 14.5. The Morgan fingerprint density at radius 3 is 2.45 bits per heavy atom. The summed E-state index contributed by atoms with van der Waals surface area (Å²) >= 11 is 0. The number of fused-ring (bicyclic) bond motifs is 1. The standard InChI is InChI=1S/C15H16N2O2S/c1-16-13-6-8-14(9-7-13)20(18,19)17-11-10-12-4-2-3-5-15(12)17/h2-9,16H,10-11H2,1H3. The second-order valence-corrected chi connectivity index (χ2v) is 6.59. The Labute approximate surface area is 119 Å². The maximum atomic E-state index is 12.7. The first-order chi connectivity index (χ1) is 9.63. The average molecular weight is 288 g/mol. The predicted molar refractivity (Wildman–Crippen MR) is 80.7 cm³/mol. The lowest BCUT2D eigenvalue weighted by molar-refractivity contribution is 0.592. The third kappa shape index (κ3) is 2.04. The molecule has 104 valence electrons. The van der Waals surface area contributed by atoms with Crippen molar-refractivity contribution < 1.29 is 8.42 Å². The molecule has 1 heterocycles. The second kappa shape index (κ2) is 4.83. The molecule has 0 radical (unpaired) electrons. The number of anilines is 2. The van der Waals surface area contributed by atoms with Gasteiger partial charge in [-0.25, -0.2) is 8.42 Å². The highest BCUT2D eigenvalue weighted by molar-refractivity contribution is 7.92. The van der Waals surface area contributed by atoms with Crippen molar-refractivity contribution in [3.05, 3.63) is 54.1 Å². The minimum absolute atomic E-state index is 0.327. The molecule has 5 heteroatoms. The summed E-state index contributed by atoms with van der Waals surface area (Å²) in [4.78, 5) is 0.327. The van der Waals surface area contributed by atoms with Crippen LogP contribution in [0.5, 0.6) is 0 Å². The molecule has 0 amide bonds. The van der Waals surface area contributed by atoms with E-state index in [4.69, 9.17) is 0 Å². The van der Waals surface area contributed by atoms with Gasteiger partial charge in [0.05, 0.1) is 10.6 Å². The maximum absolute atomic E-state index is 12.7. The van der Waals surface area contributed by atoms with E-state index in [1.54, 1.807) is 31.3 Å². The molecule has 20 heavy (non-hydrogen) atoms. The smallest absolute Gasteiger partial charge is 0.264 e. The molecule has 0 spiro atoms. The van der Waals surface area contributed by atoms with Gasteiger partial charge >= 0.3 is 0 Å². The van der Waals surface area contributed by atoms with E-state index in [0.717, 1.165) is 23.4 Å². The molecular weight excluding hydrogens is 272 g/mol. The zero-order valence-electron chi connectivity index (χ0n) is 11.2. The summed E-state index contributed by atoms with van der Waals surface area (Å²) < 4.78 is 26.9. The minimum atomic E-state index is -3.47. The largest absolute Gasteiger partial charge is 0.388 e. The van der Waals surface area contributed by atoms with Crippen LogP contribution >= 0.6 is 0 Å². The lowest BCUT2D eigenvalue weighted by Crippen LogP contribution is -2.29. The highest BCUT2D eigenvalue weighted by Gasteiger charge is 2.30. The van der Waals surface area contributed by atoms with Gasteiger partial charge in [-0.1, -0.05) is 18.2 Å². The molecule has 0 unspecified atom stereocenters. The molecule has 0 fully saturated rings. The van der Waals surface area contributed by atoms with E-state index in [1.807, 2.05) is 24.3 Å². The van der Waals surface area contributed by atoms with Gasteiger partial charge in [0.1, 0.15) is 0 Å². The van der Waals surface area contributed by atoms with Crippen LogP contribution in [0.3, 0.4) is 0 Å². The average Bonchev–Trinajstić information content (AvgIpc) is 2.92. The first-order valence-electron chi connectivity index (χ1n) is 6.51. The molecule has 0 saturated carbocycles.